The second-order valence-corrected chi connectivity index (χ2v) is 7.34. The fraction of sp³-hybridized carbons (Fsp3) is 0.500. The average Bonchev–Trinajstić information content (AvgIpc) is 2.92. The van der Waals surface area contributed by atoms with E-state index in [1.165, 1.54) is 44.9 Å². The maximum absolute atomic E-state index is 11.6. The quantitative estimate of drug-likeness (QED) is 0.413. The number of thioether (sulfide) groups is 1. The standard InChI is InChI=1S/C20H28N2O2S/c1-2-3-4-5-6-7-8-9-14-24-17-12-10-16(11-13-17)15-18-19(23)22-20(21)25-18/h10-13,15H,2-9,14H2,1H3,(H2,21,22,23)/b18-15+. The first-order valence-electron chi connectivity index (χ1n) is 9.21. The molecule has 0 saturated carbocycles. The molecule has 1 aliphatic rings. The Hall–Kier alpha value is -1.75. The molecule has 136 valence electrons. The van der Waals surface area contributed by atoms with Crippen molar-refractivity contribution in [2.24, 2.45) is 0 Å². The van der Waals surface area contributed by atoms with E-state index in [9.17, 15) is 4.79 Å². The van der Waals surface area contributed by atoms with Gasteiger partial charge in [-0.3, -0.25) is 10.2 Å². The maximum atomic E-state index is 11.6. The summed E-state index contributed by atoms with van der Waals surface area (Å²) in [4.78, 5) is 12.1. The van der Waals surface area contributed by atoms with E-state index in [2.05, 4.69) is 12.2 Å². The van der Waals surface area contributed by atoms with Crippen LogP contribution in [0.25, 0.3) is 6.08 Å². The predicted molar refractivity (Wildman–Crippen MR) is 106 cm³/mol. The number of amides is 1. The molecule has 25 heavy (non-hydrogen) atoms. The normalized spacial score (nSPS) is 15.6. The predicted octanol–water partition coefficient (Wildman–Crippen LogP) is 5.34. The van der Waals surface area contributed by atoms with Gasteiger partial charge in [-0.05, 0) is 42.0 Å². The molecule has 2 rings (SSSR count). The summed E-state index contributed by atoms with van der Waals surface area (Å²) in [5.74, 6) is 0.659. The van der Waals surface area contributed by atoms with Gasteiger partial charge in [0.05, 0.1) is 11.5 Å². The smallest absolute Gasteiger partial charge is 0.264 e. The van der Waals surface area contributed by atoms with Crippen molar-refractivity contribution in [3.05, 3.63) is 34.7 Å². The highest BCUT2D eigenvalue weighted by Crippen LogP contribution is 2.25. The Morgan fingerprint density at radius 1 is 1.04 bits per heavy atom. The van der Waals surface area contributed by atoms with Crippen LogP contribution in [0.1, 0.15) is 63.9 Å². The SMILES string of the molecule is CCCCCCCCCCOc1ccc(/C=C2/SC(=N)NC2=O)cc1. The summed E-state index contributed by atoms with van der Waals surface area (Å²) in [5.41, 5.74) is 0.937. The third-order valence-electron chi connectivity index (χ3n) is 4.11. The first kappa shape index (κ1) is 19.6. The van der Waals surface area contributed by atoms with Crippen LogP contribution >= 0.6 is 11.8 Å². The van der Waals surface area contributed by atoms with Crippen LogP contribution in [0.5, 0.6) is 5.75 Å². The molecular formula is C20H28N2O2S. The third-order valence-corrected chi connectivity index (χ3v) is 4.94. The van der Waals surface area contributed by atoms with E-state index in [-0.39, 0.29) is 11.1 Å². The van der Waals surface area contributed by atoms with Crippen LogP contribution < -0.4 is 10.1 Å². The summed E-state index contributed by atoms with van der Waals surface area (Å²) in [6, 6.07) is 7.73. The molecule has 0 aliphatic carbocycles. The minimum Gasteiger partial charge on any atom is -0.494 e. The van der Waals surface area contributed by atoms with E-state index in [0.717, 1.165) is 36.1 Å². The molecule has 1 saturated heterocycles. The fourth-order valence-corrected chi connectivity index (χ4v) is 3.38. The largest absolute Gasteiger partial charge is 0.494 e. The molecular weight excluding hydrogens is 332 g/mol. The third kappa shape index (κ3) is 7.34. The Morgan fingerprint density at radius 3 is 2.28 bits per heavy atom. The average molecular weight is 361 g/mol. The molecule has 4 nitrogen and oxygen atoms in total. The number of unbranched alkanes of at least 4 members (excludes halogenated alkanes) is 7. The molecule has 0 bridgehead atoms. The molecule has 1 heterocycles. The van der Waals surface area contributed by atoms with Gasteiger partial charge in [0.15, 0.2) is 5.17 Å². The molecule has 1 aromatic carbocycles. The second kappa shape index (κ2) is 11.0. The number of hydrogen-bond donors (Lipinski definition) is 2. The van der Waals surface area contributed by atoms with Crippen molar-refractivity contribution in [1.29, 1.82) is 5.41 Å². The van der Waals surface area contributed by atoms with Gasteiger partial charge in [-0.2, -0.15) is 0 Å². The number of amidine groups is 1. The molecule has 1 fully saturated rings. The van der Waals surface area contributed by atoms with Crippen LogP contribution in [0.4, 0.5) is 0 Å². The number of benzene rings is 1. The highest BCUT2D eigenvalue weighted by Gasteiger charge is 2.21. The Bertz CT molecular complexity index is 596. The van der Waals surface area contributed by atoms with Gasteiger partial charge in [-0.15, -0.1) is 0 Å². The number of nitrogens with one attached hydrogen (secondary N) is 2. The van der Waals surface area contributed by atoms with Crippen LogP contribution in [0.3, 0.4) is 0 Å². The van der Waals surface area contributed by atoms with Crippen molar-refractivity contribution in [3.8, 4) is 5.75 Å². The van der Waals surface area contributed by atoms with Crippen molar-refractivity contribution >= 4 is 28.9 Å². The molecule has 0 radical (unpaired) electrons. The molecule has 1 amide bonds. The lowest BCUT2D eigenvalue weighted by molar-refractivity contribution is -0.115. The van der Waals surface area contributed by atoms with Crippen molar-refractivity contribution < 1.29 is 9.53 Å². The summed E-state index contributed by atoms with van der Waals surface area (Å²) in [6.07, 6.45) is 12.2. The van der Waals surface area contributed by atoms with Crippen molar-refractivity contribution in [3.63, 3.8) is 0 Å². The van der Waals surface area contributed by atoms with E-state index < -0.39 is 0 Å². The Balaban J connectivity index is 1.63. The lowest BCUT2D eigenvalue weighted by Crippen LogP contribution is -2.18. The Morgan fingerprint density at radius 2 is 1.68 bits per heavy atom. The first-order valence-corrected chi connectivity index (χ1v) is 10.0. The van der Waals surface area contributed by atoms with Gasteiger partial charge >= 0.3 is 0 Å². The minimum absolute atomic E-state index is 0.182. The molecule has 0 aromatic heterocycles. The monoisotopic (exact) mass is 360 g/mol. The Kier molecular flexibility index (Phi) is 8.60. The van der Waals surface area contributed by atoms with Gasteiger partial charge in [-0.25, -0.2) is 0 Å². The summed E-state index contributed by atoms with van der Waals surface area (Å²) < 4.78 is 5.77. The van der Waals surface area contributed by atoms with Gasteiger partial charge in [0.1, 0.15) is 5.75 Å². The summed E-state index contributed by atoms with van der Waals surface area (Å²) in [6.45, 7) is 3.00. The van der Waals surface area contributed by atoms with E-state index in [0.29, 0.717) is 4.91 Å². The molecule has 0 atom stereocenters. The fourth-order valence-electron chi connectivity index (χ4n) is 2.68. The van der Waals surface area contributed by atoms with E-state index in [1.54, 1.807) is 6.08 Å². The summed E-state index contributed by atoms with van der Waals surface area (Å²) >= 11 is 1.15. The number of carbonyl (C=O) groups is 1. The molecule has 0 unspecified atom stereocenters. The van der Waals surface area contributed by atoms with Gasteiger partial charge in [0, 0.05) is 0 Å². The highest BCUT2D eigenvalue weighted by atomic mass is 32.2. The maximum Gasteiger partial charge on any atom is 0.264 e. The van der Waals surface area contributed by atoms with Gasteiger partial charge < -0.3 is 10.1 Å². The van der Waals surface area contributed by atoms with Crippen LogP contribution in [0.15, 0.2) is 29.2 Å². The van der Waals surface area contributed by atoms with E-state index in [1.807, 2.05) is 24.3 Å². The van der Waals surface area contributed by atoms with Crippen LogP contribution in [-0.2, 0) is 4.79 Å². The molecule has 1 aromatic rings. The van der Waals surface area contributed by atoms with Gasteiger partial charge in [-0.1, -0.05) is 64.0 Å². The zero-order chi connectivity index (χ0) is 17.9. The first-order chi connectivity index (χ1) is 12.2. The zero-order valence-electron chi connectivity index (χ0n) is 15.0. The Labute approximate surface area is 154 Å². The number of ether oxygens (including phenoxy) is 1. The van der Waals surface area contributed by atoms with E-state index >= 15 is 0 Å². The van der Waals surface area contributed by atoms with Gasteiger partial charge in [0.2, 0.25) is 0 Å². The molecule has 0 spiro atoms. The van der Waals surface area contributed by atoms with Crippen molar-refractivity contribution in [1.82, 2.24) is 5.32 Å². The molecule has 2 N–H and O–H groups in total. The lowest BCUT2D eigenvalue weighted by atomic mass is 10.1. The van der Waals surface area contributed by atoms with Crippen molar-refractivity contribution in [2.45, 2.75) is 58.3 Å². The number of hydrogen-bond acceptors (Lipinski definition) is 4. The van der Waals surface area contributed by atoms with E-state index in [4.69, 9.17) is 10.1 Å². The lowest BCUT2D eigenvalue weighted by Gasteiger charge is -2.06. The summed E-state index contributed by atoms with van der Waals surface area (Å²) in [5, 5.41) is 10.1. The van der Waals surface area contributed by atoms with Crippen molar-refractivity contribution in [2.75, 3.05) is 6.61 Å². The summed E-state index contributed by atoms with van der Waals surface area (Å²) in [7, 11) is 0. The van der Waals surface area contributed by atoms with Crippen LogP contribution in [0, 0.1) is 5.41 Å². The van der Waals surface area contributed by atoms with Gasteiger partial charge in [0.25, 0.3) is 5.91 Å². The topological polar surface area (TPSA) is 62.2 Å². The number of rotatable bonds is 11. The highest BCUT2D eigenvalue weighted by molar-refractivity contribution is 8.18. The van der Waals surface area contributed by atoms with Crippen LogP contribution in [-0.4, -0.2) is 17.7 Å². The molecule has 5 heteroatoms. The minimum atomic E-state index is -0.204. The van der Waals surface area contributed by atoms with Crippen LogP contribution in [0.2, 0.25) is 0 Å². The number of carbonyl (C=O) groups excluding carboxylic acids is 1. The molecule has 1 aliphatic heterocycles. The zero-order valence-corrected chi connectivity index (χ0v) is 15.8. The second-order valence-electron chi connectivity index (χ2n) is 6.29.